The molecule has 0 aromatic heterocycles. The van der Waals surface area contributed by atoms with Crippen LogP contribution in [0.2, 0.25) is 0 Å². The third-order valence-corrected chi connectivity index (χ3v) is 3.06. The maximum atomic E-state index is 3.78. The van der Waals surface area contributed by atoms with Crippen molar-refractivity contribution in [3.8, 4) is 0 Å². The molecule has 0 heteroatoms. The summed E-state index contributed by atoms with van der Waals surface area (Å²) in [5, 5.41) is 0. The van der Waals surface area contributed by atoms with Crippen LogP contribution in [0.4, 0.5) is 0 Å². The summed E-state index contributed by atoms with van der Waals surface area (Å²) in [7, 11) is 0. The maximum Gasteiger partial charge on any atom is -0.0116 e. The van der Waals surface area contributed by atoms with Crippen molar-refractivity contribution in [1.82, 2.24) is 0 Å². The van der Waals surface area contributed by atoms with Gasteiger partial charge in [0.1, 0.15) is 0 Å². The van der Waals surface area contributed by atoms with E-state index in [9.17, 15) is 0 Å². The molecule has 0 N–H and O–H groups in total. The average Bonchev–Trinajstić information content (AvgIpc) is 2.14. The monoisotopic (exact) mass is 180 g/mol. The van der Waals surface area contributed by atoms with Gasteiger partial charge in [-0.2, -0.15) is 0 Å². The van der Waals surface area contributed by atoms with E-state index in [0.717, 1.165) is 6.42 Å². The van der Waals surface area contributed by atoms with Gasteiger partial charge in [-0.05, 0) is 24.7 Å². The summed E-state index contributed by atoms with van der Waals surface area (Å²) in [5.74, 6) is 0. The zero-order chi connectivity index (χ0) is 10.3. The van der Waals surface area contributed by atoms with E-state index < -0.39 is 0 Å². The molecule has 0 rings (SSSR count). The fourth-order valence-electron chi connectivity index (χ4n) is 2.00. The summed E-state index contributed by atoms with van der Waals surface area (Å²) >= 11 is 0. The summed E-state index contributed by atoms with van der Waals surface area (Å²) in [6, 6.07) is 0. The van der Waals surface area contributed by atoms with Crippen LogP contribution in [0, 0.1) is 5.41 Å². The van der Waals surface area contributed by atoms with Crippen molar-refractivity contribution < 1.29 is 0 Å². The topological polar surface area (TPSA) is 0 Å². The van der Waals surface area contributed by atoms with E-state index in [1.54, 1.807) is 5.57 Å². The van der Waals surface area contributed by atoms with Crippen molar-refractivity contribution in [1.29, 1.82) is 0 Å². The van der Waals surface area contributed by atoms with Gasteiger partial charge in [-0.3, -0.25) is 0 Å². The third-order valence-electron chi connectivity index (χ3n) is 3.06. The highest BCUT2D eigenvalue weighted by molar-refractivity contribution is 5.18. The van der Waals surface area contributed by atoms with Crippen LogP contribution in [0.1, 0.15) is 53.4 Å². The number of hydrogen-bond acceptors (Lipinski definition) is 0. The van der Waals surface area contributed by atoms with Gasteiger partial charge in [-0.15, -0.1) is 0 Å². The summed E-state index contributed by atoms with van der Waals surface area (Å²) in [5.41, 5.74) is 1.95. The van der Waals surface area contributed by atoms with Crippen LogP contribution in [0.25, 0.3) is 0 Å². The Bertz CT molecular complexity index is 176. The molecule has 0 saturated carbocycles. The van der Waals surface area contributed by atoms with Gasteiger partial charge in [-0.25, -0.2) is 0 Å². The van der Waals surface area contributed by atoms with Crippen molar-refractivity contribution in [3.63, 3.8) is 0 Å². The Morgan fingerprint density at radius 3 is 2.23 bits per heavy atom. The standard InChI is InChI=1S/C13H24/c1-6-10-12(8-3)13(5,9-4)11-7-2/h6,10H,1,7-9,11H2,2-5H3. The zero-order valence-corrected chi connectivity index (χ0v) is 9.69. The van der Waals surface area contributed by atoms with Gasteiger partial charge in [0.2, 0.25) is 0 Å². The van der Waals surface area contributed by atoms with Gasteiger partial charge in [0, 0.05) is 0 Å². The van der Waals surface area contributed by atoms with Crippen molar-refractivity contribution in [3.05, 3.63) is 24.3 Å². The van der Waals surface area contributed by atoms with Crippen LogP contribution in [0.3, 0.4) is 0 Å². The molecule has 0 aromatic rings. The molecule has 76 valence electrons. The predicted molar refractivity (Wildman–Crippen MR) is 61.9 cm³/mol. The quantitative estimate of drug-likeness (QED) is 0.519. The van der Waals surface area contributed by atoms with E-state index in [1.807, 2.05) is 6.08 Å². The van der Waals surface area contributed by atoms with Gasteiger partial charge in [0.25, 0.3) is 0 Å². The molecule has 0 bridgehead atoms. The minimum atomic E-state index is 0.400. The van der Waals surface area contributed by atoms with Crippen LogP contribution in [0.5, 0.6) is 0 Å². The SMILES string of the molecule is C=CC=C(CC)C(C)(CC)CCC. The third kappa shape index (κ3) is 3.38. The summed E-state index contributed by atoms with van der Waals surface area (Å²) in [6.07, 6.45) is 9.04. The fourth-order valence-corrected chi connectivity index (χ4v) is 2.00. The molecule has 0 fully saturated rings. The second kappa shape index (κ2) is 6.01. The Morgan fingerprint density at radius 2 is 1.92 bits per heavy atom. The molecule has 0 aromatic carbocycles. The minimum absolute atomic E-state index is 0.400. The fraction of sp³-hybridized carbons (Fsp3) is 0.692. The van der Waals surface area contributed by atoms with E-state index in [2.05, 4.69) is 40.3 Å². The van der Waals surface area contributed by atoms with Crippen molar-refractivity contribution in [2.75, 3.05) is 0 Å². The van der Waals surface area contributed by atoms with Crippen LogP contribution in [-0.2, 0) is 0 Å². The Hall–Kier alpha value is -0.520. The van der Waals surface area contributed by atoms with E-state index in [0.29, 0.717) is 5.41 Å². The minimum Gasteiger partial charge on any atom is -0.0991 e. The zero-order valence-electron chi connectivity index (χ0n) is 9.69. The Labute approximate surface area is 83.7 Å². The van der Waals surface area contributed by atoms with Gasteiger partial charge < -0.3 is 0 Å². The first-order valence-corrected chi connectivity index (χ1v) is 5.46. The molecule has 0 radical (unpaired) electrons. The van der Waals surface area contributed by atoms with Crippen molar-refractivity contribution in [2.24, 2.45) is 5.41 Å². The first-order chi connectivity index (χ1) is 6.14. The Balaban J connectivity index is 4.68. The molecular formula is C13H24. The van der Waals surface area contributed by atoms with E-state index in [-0.39, 0.29) is 0 Å². The summed E-state index contributed by atoms with van der Waals surface area (Å²) in [4.78, 5) is 0. The van der Waals surface area contributed by atoms with Crippen molar-refractivity contribution in [2.45, 2.75) is 53.4 Å². The molecule has 0 saturated heterocycles. The summed E-state index contributed by atoms with van der Waals surface area (Å²) in [6.45, 7) is 12.9. The highest BCUT2D eigenvalue weighted by Crippen LogP contribution is 2.37. The molecule has 1 atom stereocenters. The van der Waals surface area contributed by atoms with Crippen LogP contribution in [0.15, 0.2) is 24.3 Å². The number of allylic oxidation sites excluding steroid dienone is 3. The lowest BCUT2D eigenvalue weighted by Gasteiger charge is -2.30. The Morgan fingerprint density at radius 1 is 1.31 bits per heavy atom. The van der Waals surface area contributed by atoms with E-state index >= 15 is 0 Å². The molecule has 0 amide bonds. The van der Waals surface area contributed by atoms with Gasteiger partial charge >= 0.3 is 0 Å². The molecule has 0 heterocycles. The highest BCUT2D eigenvalue weighted by Gasteiger charge is 2.23. The first-order valence-electron chi connectivity index (χ1n) is 5.46. The molecule has 0 nitrogen and oxygen atoms in total. The molecule has 0 aliphatic heterocycles. The largest absolute Gasteiger partial charge is 0.0991 e. The van der Waals surface area contributed by atoms with E-state index in [4.69, 9.17) is 0 Å². The van der Waals surface area contributed by atoms with Crippen LogP contribution >= 0.6 is 0 Å². The second-order valence-electron chi connectivity index (χ2n) is 3.95. The molecule has 0 aliphatic carbocycles. The van der Waals surface area contributed by atoms with Crippen LogP contribution < -0.4 is 0 Å². The number of hydrogen-bond donors (Lipinski definition) is 0. The molecule has 13 heavy (non-hydrogen) atoms. The molecule has 1 unspecified atom stereocenters. The lowest BCUT2D eigenvalue weighted by atomic mass is 9.75. The van der Waals surface area contributed by atoms with Crippen LogP contribution in [-0.4, -0.2) is 0 Å². The average molecular weight is 180 g/mol. The lowest BCUT2D eigenvalue weighted by molar-refractivity contribution is 0.338. The maximum absolute atomic E-state index is 3.78. The van der Waals surface area contributed by atoms with E-state index in [1.165, 1.54) is 19.3 Å². The highest BCUT2D eigenvalue weighted by atomic mass is 14.3. The smallest absolute Gasteiger partial charge is 0.0116 e. The lowest BCUT2D eigenvalue weighted by Crippen LogP contribution is -2.17. The molecule has 0 aliphatic rings. The van der Waals surface area contributed by atoms with Gasteiger partial charge in [0.05, 0.1) is 0 Å². The second-order valence-corrected chi connectivity index (χ2v) is 3.95. The predicted octanol–water partition coefficient (Wildman–Crippen LogP) is 4.73. The molecular weight excluding hydrogens is 156 g/mol. The normalized spacial score (nSPS) is 16.8. The summed E-state index contributed by atoms with van der Waals surface area (Å²) < 4.78 is 0. The van der Waals surface area contributed by atoms with Gasteiger partial charge in [-0.1, -0.05) is 58.4 Å². The number of rotatable bonds is 6. The molecule has 0 spiro atoms. The Kier molecular flexibility index (Phi) is 5.77. The van der Waals surface area contributed by atoms with Gasteiger partial charge in [0.15, 0.2) is 0 Å². The van der Waals surface area contributed by atoms with Crippen molar-refractivity contribution >= 4 is 0 Å². The first kappa shape index (κ1) is 12.5.